The third-order valence-corrected chi connectivity index (χ3v) is 3.04. The summed E-state index contributed by atoms with van der Waals surface area (Å²) in [7, 11) is 0. The molecule has 0 bridgehead atoms. The average Bonchev–Trinajstić information content (AvgIpc) is 2.56. The van der Waals surface area contributed by atoms with Crippen LogP contribution in [0.15, 0.2) is 42.5 Å². The number of hydrogen-bond acceptors (Lipinski definition) is 3. The second kappa shape index (κ2) is 8.05. The lowest BCUT2D eigenvalue weighted by molar-refractivity contribution is -0.125. The Morgan fingerprint density at radius 3 is 2.38 bits per heavy atom. The minimum absolute atomic E-state index is 0.101. The number of carbonyl (C=O) groups is 2. The van der Waals surface area contributed by atoms with Gasteiger partial charge in [-0.25, -0.2) is 8.78 Å². The van der Waals surface area contributed by atoms with Gasteiger partial charge in [0, 0.05) is 11.8 Å². The normalized spacial score (nSPS) is 10.1. The number of amides is 2. The first kappa shape index (κ1) is 17.4. The molecule has 0 heterocycles. The lowest BCUT2D eigenvalue weighted by Gasteiger charge is -2.08. The van der Waals surface area contributed by atoms with Gasteiger partial charge >= 0.3 is 0 Å². The molecule has 0 fully saturated rings. The molecule has 0 aliphatic rings. The van der Waals surface area contributed by atoms with Gasteiger partial charge in [0.25, 0.3) is 5.91 Å². The first-order valence-corrected chi connectivity index (χ1v) is 7.15. The first-order chi connectivity index (χ1) is 11.4. The summed E-state index contributed by atoms with van der Waals surface area (Å²) >= 11 is 0. The predicted octanol–water partition coefficient (Wildman–Crippen LogP) is 2.41. The molecular weight excluding hydrogens is 318 g/mol. The molecule has 0 aliphatic heterocycles. The molecule has 2 amide bonds. The van der Waals surface area contributed by atoms with Crippen LogP contribution in [0, 0.1) is 18.6 Å². The van der Waals surface area contributed by atoms with Crippen LogP contribution in [-0.2, 0) is 9.59 Å². The molecule has 126 valence electrons. The molecule has 24 heavy (non-hydrogen) atoms. The molecule has 0 aliphatic carbocycles. The number of ether oxygens (including phenoxy) is 1. The summed E-state index contributed by atoms with van der Waals surface area (Å²) in [5.74, 6) is -2.57. The van der Waals surface area contributed by atoms with E-state index in [4.69, 9.17) is 4.74 Å². The lowest BCUT2D eigenvalue weighted by Crippen LogP contribution is -2.35. The summed E-state index contributed by atoms with van der Waals surface area (Å²) in [4.78, 5) is 23.3. The van der Waals surface area contributed by atoms with Gasteiger partial charge in [-0.2, -0.15) is 0 Å². The van der Waals surface area contributed by atoms with Crippen LogP contribution in [-0.4, -0.2) is 25.0 Å². The van der Waals surface area contributed by atoms with Gasteiger partial charge in [0.15, 0.2) is 18.2 Å². The van der Waals surface area contributed by atoms with Crippen molar-refractivity contribution in [3.8, 4) is 5.75 Å². The van der Waals surface area contributed by atoms with Crippen LogP contribution in [0.1, 0.15) is 5.56 Å². The molecule has 7 heteroatoms. The zero-order valence-corrected chi connectivity index (χ0v) is 12.9. The van der Waals surface area contributed by atoms with Gasteiger partial charge in [-0.05, 0) is 31.2 Å². The molecule has 0 atom stereocenters. The molecule has 5 nitrogen and oxygen atoms in total. The van der Waals surface area contributed by atoms with Crippen molar-refractivity contribution in [3.05, 3.63) is 59.7 Å². The van der Waals surface area contributed by atoms with E-state index in [9.17, 15) is 18.4 Å². The summed E-state index contributed by atoms with van der Waals surface area (Å²) in [6.45, 7) is 1.39. The van der Waals surface area contributed by atoms with Crippen molar-refractivity contribution in [2.45, 2.75) is 6.92 Å². The quantitative estimate of drug-likeness (QED) is 0.852. The van der Waals surface area contributed by atoms with Crippen molar-refractivity contribution >= 4 is 17.5 Å². The van der Waals surface area contributed by atoms with Crippen molar-refractivity contribution in [2.24, 2.45) is 0 Å². The van der Waals surface area contributed by atoms with E-state index in [2.05, 4.69) is 10.6 Å². The average molecular weight is 334 g/mol. The number of rotatable bonds is 6. The number of halogens is 2. The van der Waals surface area contributed by atoms with Crippen LogP contribution < -0.4 is 15.4 Å². The Kier molecular flexibility index (Phi) is 5.83. The second-order valence-corrected chi connectivity index (χ2v) is 5.06. The Bertz CT molecular complexity index is 733. The number of aryl methyl sites for hydroxylation is 1. The Hall–Kier alpha value is -2.96. The van der Waals surface area contributed by atoms with Crippen molar-refractivity contribution < 1.29 is 23.1 Å². The Balaban J connectivity index is 1.73. The van der Waals surface area contributed by atoms with Crippen LogP contribution in [0.3, 0.4) is 0 Å². The van der Waals surface area contributed by atoms with Crippen LogP contribution in [0.5, 0.6) is 5.75 Å². The van der Waals surface area contributed by atoms with Crippen LogP contribution in [0.2, 0.25) is 0 Å². The van der Waals surface area contributed by atoms with Crippen LogP contribution >= 0.6 is 0 Å². The number of hydrogen-bond donors (Lipinski definition) is 2. The highest BCUT2D eigenvalue weighted by Crippen LogP contribution is 2.13. The van der Waals surface area contributed by atoms with Gasteiger partial charge in [0.2, 0.25) is 5.91 Å². The zero-order chi connectivity index (χ0) is 17.5. The van der Waals surface area contributed by atoms with E-state index in [-0.39, 0.29) is 18.8 Å². The number of carbonyl (C=O) groups excluding carboxylic acids is 2. The second-order valence-electron chi connectivity index (χ2n) is 5.06. The molecule has 0 radical (unpaired) electrons. The van der Waals surface area contributed by atoms with Gasteiger partial charge in [-0.3, -0.25) is 9.59 Å². The summed E-state index contributed by atoms with van der Waals surface area (Å²) in [6.07, 6.45) is 0. The van der Waals surface area contributed by atoms with Crippen LogP contribution in [0.25, 0.3) is 0 Å². The SMILES string of the molecule is Cc1ccc(OCC(=O)NCC(=O)Nc2ccc(F)c(F)c2)cc1. The number of benzene rings is 2. The summed E-state index contributed by atoms with van der Waals surface area (Å²) in [5, 5.41) is 4.71. The van der Waals surface area contributed by atoms with E-state index in [0.29, 0.717) is 5.75 Å². The highest BCUT2D eigenvalue weighted by molar-refractivity contribution is 5.94. The molecule has 2 aromatic carbocycles. The van der Waals surface area contributed by atoms with Crippen molar-refractivity contribution in [3.63, 3.8) is 0 Å². The van der Waals surface area contributed by atoms with Gasteiger partial charge in [0.05, 0.1) is 6.54 Å². The van der Waals surface area contributed by atoms with E-state index in [0.717, 1.165) is 17.7 Å². The highest BCUT2D eigenvalue weighted by Gasteiger charge is 2.08. The molecule has 0 unspecified atom stereocenters. The zero-order valence-electron chi connectivity index (χ0n) is 12.9. The fourth-order valence-electron chi connectivity index (χ4n) is 1.79. The molecule has 2 aromatic rings. The maximum atomic E-state index is 13.0. The van der Waals surface area contributed by atoms with Gasteiger partial charge < -0.3 is 15.4 Å². The van der Waals surface area contributed by atoms with Gasteiger partial charge in [-0.1, -0.05) is 17.7 Å². The van der Waals surface area contributed by atoms with Crippen molar-refractivity contribution in [1.29, 1.82) is 0 Å². The monoisotopic (exact) mass is 334 g/mol. The van der Waals surface area contributed by atoms with E-state index in [1.807, 2.05) is 19.1 Å². The maximum absolute atomic E-state index is 13.0. The molecule has 2 rings (SSSR count). The fraction of sp³-hybridized carbons (Fsp3) is 0.176. The van der Waals surface area contributed by atoms with Gasteiger partial charge in [-0.15, -0.1) is 0 Å². The summed E-state index contributed by atoms with van der Waals surface area (Å²) in [6, 6.07) is 10.1. The standard InChI is InChI=1S/C17H16F2N2O3/c1-11-2-5-13(6-3-11)24-10-17(23)20-9-16(22)21-12-4-7-14(18)15(19)8-12/h2-8H,9-10H2,1H3,(H,20,23)(H,21,22). The molecule has 0 aromatic heterocycles. The van der Waals surface area contributed by atoms with Crippen molar-refractivity contribution in [2.75, 3.05) is 18.5 Å². The number of nitrogens with one attached hydrogen (secondary N) is 2. The summed E-state index contributed by atoms with van der Waals surface area (Å²) in [5.41, 5.74) is 1.17. The topological polar surface area (TPSA) is 67.4 Å². The first-order valence-electron chi connectivity index (χ1n) is 7.15. The third kappa shape index (κ3) is 5.35. The minimum atomic E-state index is -1.07. The molecule has 0 saturated heterocycles. The highest BCUT2D eigenvalue weighted by atomic mass is 19.2. The predicted molar refractivity (Wildman–Crippen MR) is 84.7 cm³/mol. The molecule has 2 N–H and O–H groups in total. The van der Waals surface area contributed by atoms with Gasteiger partial charge in [0.1, 0.15) is 5.75 Å². The fourth-order valence-corrected chi connectivity index (χ4v) is 1.79. The molecule has 0 saturated carbocycles. The molecular formula is C17H16F2N2O3. The van der Waals surface area contributed by atoms with E-state index >= 15 is 0 Å². The van der Waals surface area contributed by atoms with E-state index in [1.54, 1.807) is 12.1 Å². The Morgan fingerprint density at radius 2 is 1.71 bits per heavy atom. The smallest absolute Gasteiger partial charge is 0.258 e. The van der Waals surface area contributed by atoms with Crippen molar-refractivity contribution in [1.82, 2.24) is 5.32 Å². The van der Waals surface area contributed by atoms with E-state index in [1.165, 1.54) is 6.07 Å². The minimum Gasteiger partial charge on any atom is -0.484 e. The lowest BCUT2D eigenvalue weighted by atomic mass is 10.2. The Morgan fingerprint density at radius 1 is 1.00 bits per heavy atom. The third-order valence-electron chi connectivity index (χ3n) is 3.04. The summed E-state index contributed by atoms with van der Waals surface area (Å²) < 4.78 is 31.1. The van der Waals surface area contributed by atoms with E-state index < -0.39 is 23.4 Å². The van der Waals surface area contributed by atoms with Crippen LogP contribution in [0.4, 0.5) is 14.5 Å². The largest absolute Gasteiger partial charge is 0.484 e. The number of anilines is 1. The molecule has 0 spiro atoms. The Labute approximate surface area is 137 Å². The maximum Gasteiger partial charge on any atom is 0.258 e.